The molecule has 7 heteroatoms. The number of aromatic nitrogens is 1. The molecule has 1 atom stereocenters. The summed E-state index contributed by atoms with van der Waals surface area (Å²) in [7, 11) is 0. The number of hydrogen-bond donors (Lipinski definition) is 0. The molecule has 4 aromatic rings. The van der Waals surface area contributed by atoms with E-state index in [1.165, 1.54) is 16.8 Å². The van der Waals surface area contributed by atoms with Crippen molar-refractivity contribution in [1.29, 1.82) is 0 Å². The number of amides is 1. The van der Waals surface area contributed by atoms with Crippen LogP contribution in [0.1, 0.15) is 34.5 Å². The molecule has 2 aliphatic heterocycles. The lowest BCUT2D eigenvalue weighted by Crippen LogP contribution is -2.53. The van der Waals surface area contributed by atoms with Crippen LogP contribution in [0.3, 0.4) is 0 Å². The molecule has 6 rings (SSSR count). The third kappa shape index (κ3) is 5.50. The van der Waals surface area contributed by atoms with E-state index in [1.54, 1.807) is 0 Å². The molecular formula is C32H32Cl2N4O. The molecule has 0 N–H and O–H groups in total. The number of benzene rings is 3. The summed E-state index contributed by atoms with van der Waals surface area (Å²) in [5.74, 6) is 0.177. The average molecular weight is 560 g/mol. The quantitative estimate of drug-likeness (QED) is 0.285. The third-order valence-electron chi connectivity index (χ3n) is 8.00. The van der Waals surface area contributed by atoms with Gasteiger partial charge in [-0.15, -0.1) is 0 Å². The highest BCUT2D eigenvalue weighted by Crippen LogP contribution is 2.35. The van der Waals surface area contributed by atoms with Crippen molar-refractivity contribution < 1.29 is 4.79 Å². The highest BCUT2D eigenvalue weighted by atomic mass is 35.5. The molecule has 1 amide bonds. The van der Waals surface area contributed by atoms with Crippen molar-refractivity contribution in [3.63, 3.8) is 0 Å². The molecule has 2 aliphatic rings. The van der Waals surface area contributed by atoms with Crippen LogP contribution in [-0.4, -0.2) is 64.4 Å². The van der Waals surface area contributed by atoms with Crippen LogP contribution in [0.25, 0.3) is 0 Å². The number of carbonyl (C=O) groups is 1. The minimum atomic E-state index is -0.0469. The average Bonchev–Trinajstić information content (AvgIpc) is 3.45. The van der Waals surface area contributed by atoms with Gasteiger partial charge >= 0.3 is 0 Å². The fraction of sp³-hybridized carbons (Fsp3) is 0.281. The van der Waals surface area contributed by atoms with Crippen LogP contribution in [0.5, 0.6) is 0 Å². The Morgan fingerprint density at radius 2 is 1.41 bits per heavy atom. The summed E-state index contributed by atoms with van der Waals surface area (Å²) in [6, 6.07) is 31.5. The smallest absolute Gasteiger partial charge is 0.236 e. The molecule has 1 unspecified atom stereocenters. The Bertz CT molecular complexity index is 1380. The molecule has 5 nitrogen and oxygen atoms in total. The van der Waals surface area contributed by atoms with E-state index in [0.717, 1.165) is 44.8 Å². The Morgan fingerprint density at radius 1 is 0.744 bits per heavy atom. The van der Waals surface area contributed by atoms with Gasteiger partial charge in [0.2, 0.25) is 5.91 Å². The zero-order chi connectivity index (χ0) is 26.8. The van der Waals surface area contributed by atoms with Gasteiger partial charge in [0.25, 0.3) is 0 Å². The summed E-state index contributed by atoms with van der Waals surface area (Å²) < 4.78 is 2.26. The number of hydrogen-bond acceptors (Lipinski definition) is 3. The molecule has 3 heterocycles. The van der Waals surface area contributed by atoms with E-state index in [0.29, 0.717) is 16.6 Å². The maximum Gasteiger partial charge on any atom is 0.236 e. The molecule has 1 saturated heterocycles. The van der Waals surface area contributed by atoms with Gasteiger partial charge in [0.1, 0.15) is 0 Å². The first kappa shape index (κ1) is 26.1. The number of carbonyl (C=O) groups excluding carboxylic acids is 1. The van der Waals surface area contributed by atoms with Crippen LogP contribution < -0.4 is 0 Å². The minimum absolute atomic E-state index is 0.0469. The molecule has 3 aromatic carbocycles. The van der Waals surface area contributed by atoms with Crippen LogP contribution in [0.2, 0.25) is 10.0 Å². The summed E-state index contributed by atoms with van der Waals surface area (Å²) in [6.07, 6.45) is 2.11. The molecular weight excluding hydrogens is 527 g/mol. The van der Waals surface area contributed by atoms with E-state index in [4.69, 9.17) is 23.2 Å². The zero-order valence-corrected chi connectivity index (χ0v) is 23.3. The van der Waals surface area contributed by atoms with Gasteiger partial charge in [0.05, 0.1) is 28.7 Å². The van der Waals surface area contributed by atoms with Crippen molar-refractivity contribution in [2.75, 3.05) is 39.3 Å². The van der Waals surface area contributed by atoms with Gasteiger partial charge in [-0.3, -0.25) is 14.6 Å². The van der Waals surface area contributed by atoms with Crippen molar-refractivity contribution in [2.45, 2.75) is 18.6 Å². The Morgan fingerprint density at radius 3 is 2.05 bits per heavy atom. The topological polar surface area (TPSA) is 31.7 Å². The SMILES string of the molecule is O=C(CN1CCn2cccc2C1c1ccc(Cl)c(Cl)c1)N1CCN(C(c2ccccc2)c2ccccc2)CC1. The number of halogens is 2. The van der Waals surface area contributed by atoms with Crippen LogP contribution in [0, 0.1) is 0 Å². The highest BCUT2D eigenvalue weighted by molar-refractivity contribution is 6.42. The van der Waals surface area contributed by atoms with Crippen LogP contribution in [0.4, 0.5) is 0 Å². The van der Waals surface area contributed by atoms with Crippen LogP contribution in [0.15, 0.2) is 97.2 Å². The molecule has 0 saturated carbocycles. The van der Waals surface area contributed by atoms with E-state index in [2.05, 4.69) is 93.4 Å². The first-order chi connectivity index (χ1) is 19.1. The van der Waals surface area contributed by atoms with Gasteiger partial charge < -0.3 is 9.47 Å². The van der Waals surface area contributed by atoms with Crippen molar-refractivity contribution in [1.82, 2.24) is 19.3 Å². The normalized spacial score (nSPS) is 18.3. The fourth-order valence-corrected chi connectivity index (χ4v) is 6.36. The molecule has 1 aromatic heterocycles. The Kier molecular flexibility index (Phi) is 7.76. The van der Waals surface area contributed by atoms with Crippen molar-refractivity contribution >= 4 is 29.1 Å². The summed E-state index contributed by atoms with van der Waals surface area (Å²) in [4.78, 5) is 20.5. The van der Waals surface area contributed by atoms with Crippen LogP contribution >= 0.6 is 23.2 Å². The number of nitrogens with zero attached hydrogens (tertiary/aromatic N) is 4. The summed E-state index contributed by atoms with van der Waals surface area (Å²) in [5, 5.41) is 1.07. The van der Waals surface area contributed by atoms with Gasteiger partial charge in [0.15, 0.2) is 0 Å². The maximum atomic E-state index is 13.6. The Labute approximate surface area is 240 Å². The van der Waals surface area contributed by atoms with Gasteiger partial charge in [0, 0.05) is 51.2 Å². The number of fused-ring (bicyclic) bond motifs is 1. The third-order valence-corrected chi connectivity index (χ3v) is 8.74. The largest absolute Gasteiger partial charge is 0.348 e. The van der Waals surface area contributed by atoms with E-state index >= 15 is 0 Å². The first-order valence-electron chi connectivity index (χ1n) is 13.5. The minimum Gasteiger partial charge on any atom is -0.348 e. The van der Waals surface area contributed by atoms with Crippen LogP contribution in [-0.2, 0) is 11.3 Å². The molecule has 200 valence electrons. The lowest BCUT2D eigenvalue weighted by atomic mass is 9.96. The van der Waals surface area contributed by atoms with E-state index in [9.17, 15) is 4.79 Å². The zero-order valence-electron chi connectivity index (χ0n) is 21.8. The predicted octanol–water partition coefficient (Wildman–Crippen LogP) is 6.13. The molecule has 0 bridgehead atoms. The van der Waals surface area contributed by atoms with Gasteiger partial charge in [-0.1, -0.05) is 89.9 Å². The molecule has 0 spiro atoms. The molecule has 0 radical (unpaired) electrons. The number of piperazine rings is 1. The van der Waals surface area contributed by atoms with Gasteiger partial charge in [-0.05, 0) is 41.0 Å². The second-order valence-electron chi connectivity index (χ2n) is 10.3. The summed E-state index contributed by atoms with van der Waals surface area (Å²) >= 11 is 12.6. The predicted molar refractivity (Wildman–Crippen MR) is 157 cm³/mol. The lowest BCUT2D eigenvalue weighted by molar-refractivity contribution is -0.135. The Balaban J connectivity index is 1.17. The summed E-state index contributed by atoms with van der Waals surface area (Å²) in [6.45, 7) is 5.13. The standard InChI is InChI=1S/C32H32Cl2N4O/c33-27-14-13-26(22-28(27)34)32-29-12-7-15-35(29)16-21-38(32)23-30(39)36-17-19-37(20-18-36)31(24-8-3-1-4-9-24)25-10-5-2-6-11-25/h1-15,22,31-32H,16-21,23H2. The maximum absolute atomic E-state index is 13.6. The van der Waals surface area contributed by atoms with Crippen molar-refractivity contribution in [3.05, 3.63) is 130 Å². The monoisotopic (exact) mass is 558 g/mol. The summed E-state index contributed by atoms with van der Waals surface area (Å²) in [5.41, 5.74) is 4.79. The second kappa shape index (κ2) is 11.6. The molecule has 39 heavy (non-hydrogen) atoms. The molecule has 0 aliphatic carbocycles. The highest BCUT2D eigenvalue weighted by Gasteiger charge is 2.33. The lowest BCUT2D eigenvalue weighted by Gasteiger charge is -2.41. The Hall–Kier alpha value is -3.09. The molecule has 1 fully saturated rings. The van der Waals surface area contributed by atoms with E-state index in [-0.39, 0.29) is 18.0 Å². The van der Waals surface area contributed by atoms with Gasteiger partial charge in [-0.25, -0.2) is 0 Å². The first-order valence-corrected chi connectivity index (χ1v) is 14.3. The number of rotatable bonds is 6. The second-order valence-corrected chi connectivity index (χ2v) is 11.1. The van der Waals surface area contributed by atoms with Crippen molar-refractivity contribution in [2.24, 2.45) is 0 Å². The van der Waals surface area contributed by atoms with E-state index < -0.39 is 0 Å². The fourth-order valence-electron chi connectivity index (χ4n) is 6.05. The van der Waals surface area contributed by atoms with E-state index in [1.807, 2.05) is 23.1 Å². The van der Waals surface area contributed by atoms with Crippen molar-refractivity contribution in [3.8, 4) is 0 Å². The van der Waals surface area contributed by atoms with Gasteiger partial charge in [-0.2, -0.15) is 0 Å².